The molecule has 3 aromatic carbocycles. The molecular formula is C29H20F10O5. The van der Waals surface area contributed by atoms with Crippen LogP contribution in [0.2, 0.25) is 0 Å². The van der Waals surface area contributed by atoms with E-state index in [4.69, 9.17) is 9.47 Å². The topological polar surface area (TPSA) is 54.0 Å². The van der Waals surface area contributed by atoms with Crippen molar-refractivity contribution in [1.82, 2.24) is 0 Å². The summed E-state index contributed by atoms with van der Waals surface area (Å²) in [5.41, 5.74) is -3.64. The molecule has 0 radical (unpaired) electrons. The van der Waals surface area contributed by atoms with Gasteiger partial charge in [-0.25, -0.2) is 31.1 Å². The van der Waals surface area contributed by atoms with Crippen LogP contribution in [0.4, 0.5) is 43.9 Å². The lowest BCUT2D eigenvalue weighted by Gasteiger charge is -2.26. The monoisotopic (exact) mass is 638 g/mol. The normalized spacial score (nSPS) is 17.5. The molecule has 2 unspecified atom stereocenters. The molecule has 15 heteroatoms. The van der Waals surface area contributed by atoms with Gasteiger partial charge in [0.15, 0.2) is 23.6 Å². The minimum Gasteiger partial charge on any atom is -0.429 e. The molecule has 0 spiro atoms. The van der Waals surface area contributed by atoms with Crippen LogP contribution in [-0.4, -0.2) is 18.7 Å². The van der Waals surface area contributed by atoms with E-state index in [1.54, 1.807) is 0 Å². The summed E-state index contributed by atoms with van der Waals surface area (Å²) in [6, 6.07) is 1.44. The number of halogens is 10. The fourth-order valence-electron chi connectivity index (χ4n) is 4.24. The molecule has 0 saturated carbocycles. The van der Waals surface area contributed by atoms with Crippen molar-refractivity contribution in [3.05, 3.63) is 101 Å². The maximum Gasteiger partial charge on any atom is 0.432 e. The van der Waals surface area contributed by atoms with E-state index >= 15 is 0 Å². The highest BCUT2D eigenvalue weighted by Gasteiger charge is 2.43. The first-order valence-electron chi connectivity index (χ1n) is 12.6. The summed E-state index contributed by atoms with van der Waals surface area (Å²) < 4.78 is 160. The Balaban J connectivity index is 1.47. The fourth-order valence-corrected chi connectivity index (χ4v) is 4.24. The van der Waals surface area contributed by atoms with Gasteiger partial charge < -0.3 is 18.9 Å². The molecule has 5 nitrogen and oxygen atoms in total. The van der Waals surface area contributed by atoms with E-state index in [0.717, 1.165) is 6.07 Å². The molecule has 4 rings (SSSR count). The lowest BCUT2D eigenvalue weighted by molar-refractivity contribution is -0.191. The first-order valence-corrected chi connectivity index (χ1v) is 12.6. The molecule has 0 aromatic heterocycles. The maximum atomic E-state index is 14.8. The highest BCUT2D eigenvalue weighted by molar-refractivity contribution is 5.77. The largest absolute Gasteiger partial charge is 0.432 e. The molecule has 1 saturated heterocycles. The van der Waals surface area contributed by atoms with Crippen molar-refractivity contribution >= 4 is 5.97 Å². The van der Waals surface area contributed by atoms with Crippen LogP contribution in [-0.2, 0) is 21.7 Å². The van der Waals surface area contributed by atoms with Crippen LogP contribution in [0, 0.1) is 40.8 Å². The van der Waals surface area contributed by atoms with E-state index in [0.29, 0.717) is 25.0 Å². The van der Waals surface area contributed by atoms with Crippen LogP contribution in [0.25, 0.3) is 0 Å². The van der Waals surface area contributed by atoms with E-state index in [1.165, 1.54) is 0 Å². The summed E-state index contributed by atoms with van der Waals surface area (Å²) in [6.45, 7) is 2.06. The van der Waals surface area contributed by atoms with Gasteiger partial charge in [-0.15, -0.1) is 0 Å². The zero-order valence-electron chi connectivity index (χ0n) is 22.3. The fraction of sp³-hybridized carbons (Fsp3) is 0.276. The molecule has 0 aliphatic carbocycles. The van der Waals surface area contributed by atoms with Gasteiger partial charge in [0.1, 0.15) is 45.8 Å². The quantitative estimate of drug-likeness (QED) is 0.0781. The number of carbonyl (C=O) groups excluding carboxylic acids is 1. The van der Waals surface area contributed by atoms with Crippen molar-refractivity contribution in [3.8, 4) is 17.2 Å². The van der Waals surface area contributed by atoms with Crippen molar-refractivity contribution in [2.75, 3.05) is 6.61 Å². The number of esters is 1. The highest BCUT2D eigenvalue weighted by atomic mass is 19.3. The Kier molecular flexibility index (Phi) is 9.47. The maximum absolute atomic E-state index is 14.8. The number of hydrogen-bond donors (Lipinski definition) is 0. The Bertz CT molecular complexity index is 1520. The Hall–Kier alpha value is -4.27. The van der Waals surface area contributed by atoms with Gasteiger partial charge >= 0.3 is 18.2 Å². The average Bonchev–Trinajstić information content (AvgIpc) is 2.91. The second-order valence-electron chi connectivity index (χ2n) is 9.45. The minimum absolute atomic E-state index is 0.0227. The van der Waals surface area contributed by atoms with E-state index in [-0.39, 0.29) is 36.8 Å². The zero-order valence-corrected chi connectivity index (χ0v) is 22.3. The zero-order chi connectivity index (χ0) is 32.4. The minimum atomic E-state index is -4.98. The molecule has 1 aliphatic heterocycles. The number of allylic oxidation sites excluding steroid dienone is 1. The van der Waals surface area contributed by atoms with Crippen LogP contribution in [0.3, 0.4) is 0 Å². The van der Waals surface area contributed by atoms with Gasteiger partial charge in [0.2, 0.25) is 0 Å². The van der Waals surface area contributed by atoms with Gasteiger partial charge in [0, 0.05) is 36.2 Å². The molecule has 0 N–H and O–H groups in total. The lowest BCUT2D eigenvalue weighted by Crippen LogP contribution is -2.34. The molecule has 2 atom stereocenters. The third kappa shape index (κ3) is 7.26. The third-order valence-corrected chi connectivity index (χ3v) is 6.27. The molecule has 44 heavy (non-hydrogen) atoms. The highest BCUT2D eigenvalue weighted by Crippen LogP contribution is 2.40. The van der Waals surface area contributed by atoms with Crippen molar-refractivity contribution in [2.24, 2.45) is 5.92 Å². The number of rotatable bonds is 9. The summed E-state index contributed by atoms with van der Waals surface area (Å²) in [5, 5.41) is 0. The van der Waals surface area contributed by atoms with Gasteiger partial charge in [-0.1, -0.05) is 12.2 Å². The van der Waals surface area contributed by atoms with Crippen molar-refractivity contribution < 1.29 is 67.6 Å². The number of benzene rings is 3. The molecule has 1 aliphatic rings. The Morgan fingerprint density at radius 2 is 1.32 bits per heavy atom. The summed E-state index contributed by atoms with van der Waals surface area (Å²) in [4.78, 5) is 12.3. The average molecular weight is 638 g/mol. The summed E-state index contributed by atoms with van der Waals surface area (Å²) in [7, 11) is 0. The number of alkyl halides is 4. The predicted octanol–water partition coefficient (Wildman–Crippen LogP) is 8.05. The molecule has 0 bridgehead atoms. The first-order chi connectivity index (χ1) is 20.6. The predicted molar refractivity (Wildman–Crippen MR) is 131 cm³/mol. The summed E-state index contributed by atoms with van der Waals surface area (Å²) >= 11 is 0. The van der Waals surface area contributed by atoms with Crippen molar-refractivity contribution in [2.45, 2.75) is 38.1 Å². The van der Waals surface area contributed by atoms with E-state index in [2.05, 4.69) is 9.47 Å². The Labute approximate surface area is 242 Å². The van der Waals surface area contributed by atoms with Gasteiger partial charge in [0.05, 0.1) is 6.61 Å². The molecule has 1 heterocycles. The van der Waals surface area contributed by atoms with Crippen LogP contribution >= 0.6 is 0 Å². The number of ether oxygens (including phenoxy) is 4. The van der Waals surface area contributed by atoms with Crippen molar-refractivity contribution in [1.29, 1.82) is 0 Å². The Morgan fingerprint density at radius 1 is 0.773 bits per heavy atom. The molecule has 1 fully saturated rings. The molecule has 0 amide bonds. The third-order valence-electron chi connectivity index (χ3n) is 6.27. The number of carbonyl (C=O) groups is 1. The molecular weight excluding hydrogens is 618 g/mol. The van der Waals surface area contributed by atoms with Crippen LogP contribution in [0.1, 0.15) is 30.9 Å². The van der Waals surface area contributed by atoms with Gasteiger partial charge in [-0.05, 0) is 31.9 Å². The second kappa shape index (κ2) is 12.8. The SMILES string of the molecule is C/C=C/C1CCC(C(=O)Oc2ccc(C(F)(F)Oc3cc(F)c(C(F)(F)Oc4cc(F)c(F)c(F)c4)c(F)c3)c(F)c2)OC1. The lowest BCUT2D eigenvalue weighted by atomic mass is 9.98. The van der Waals surface area contributed by atoms with Crippen LogP contribution < -0.4 is 14.2 Å². The van der Waals surface area contributed by atoms with Crippen LogP contribution in [0.15, 0.2) is 54.6 Å². The molecule has 236 valence electrons. The first kappa shape index (κ1) is 32.6. The molecule has 3 aromatic rings. The standard InChI is InChI=1S/C29H20F10O5/c1-2-3-14-4-7-24(41-13-14)27(40)42-15-5-6-18(19(30)8-15)28(36,37)43-16-9-20(31)25(21(32)10-16)29(38,39)44-17-11-22(33)26(35)23(34)12-17/h2-3,5-6,8-12,14,24H,4,7,13H2,1H3/b3-2+. The van der Waals surface area contributed by atoms with Crippen molar-refractivity contribution in [3.63, 3.8) is 0 Å². The Morgan fingerprint density at radius 3 is 1.84 bits per heavy atom. The number of hydrogen-bond acceptors (Lipinski definition) is 5. The summed E-state index contributed by atoms with van der Waals surface area (Å²) in [6.07, 6.45) is -5.94. The van der Waals surface area contributed by atoms with E-state index in [1.807, 2.05) is 19.1 Å². The van der Waals surface area contributed by atoms with Gasteiger partial charge in [-0.3, -0.25) is 0 Å². The smallest absolute Gasteiger partial charge is 0.429 e. The van der Waals surface area contributed by atoms with E-state index in [9.17, 15) is 48.7 Å². The van der Waals surface area contributed by atoms with E-state index < -0.39 is 87.6 Å². The second-order valence-corrected chi connectivity index (χ2v) is 9.45. The van der Waals surface area contributed by atoms with Crippen LogP contribution in [0.5, 0.6) is 17.2 Å². The van der Waals surface area contributed by atoms with Gasteiger partial charge in [0.25, 0.3) is 0 Å². The van der Waals surface area contributed by atoms with Gasteiger partial charge in [-0.2, -0.15) is 17.6 Å². The summed E-state index contributed by atoms with van der Waals surface area (Å²) in [5.74, 6) is -16.0.